The molecule has 0 radical (unpaired) electrons. The number of nitrogens with zero attached hydrogens (tertiary/aromatic N) is 4. The predicted molar refractivity (Wildman–Crippen MR) is 86.1 cm³/mol. The Kier molecular flexibility index (Phi) is 3.53. The number of benzene rings is 1. The minimum absolute atomic E-state index is 0.416. The average molecular weight is 308 g/mol. The van der Waals surface area contributed by atoms with Crippen LogP contribution in [0.1, 0.15) is 16.8 Å². The van der Waals surface area contributed by atoms with Crippen molar-refractivity contribution in [3.05, 3.63) is 45.7 Å². The van der Waals surface area contributed by atoms with Gasteiger partial charge < -0.3 is 9.97 Å². The van der Waals surface area contributed by atoms with Crippen LogP contribution in [0.2, 0.25) is 0 Å². The number of para-hydroxylation sites is 2. The first kappa shape index (κ1) is 14.1. The molecule has 0 spiro atoms. The van der Waals surface area contributed by atoms with E-state index in [9.17, 15) is 0 Å². The van der Waals surface area contributed by atoms with E-state index in [1.165, 1.54) is 0 Å². The van der Waals surface area contributed by atoms with Crippen LogP contribution in [0.3, 0.4) is 0 Å². The summed E-state index contributed by atoms with van der Waals surface area (Å²) in [5, 5.41) is 17.5. The number of nitriles is 1. The number of aromatic amines is 2. The van der Waals surface area contributed by atoms with Gasteiger partial charge in [-0.1, -0.05) is 24.4 Å². The zero-order valence-electron chi connectivity index (χ0n) is 12.0. The fourth-order valence-electron chi connectivity index (χ4n) is 2.23. The zero-order valence-corrected chi connectivity index (χ0v) is 12.8. The molecule has 2 N–H and O–H groups in total. The summed E-state index contributed by atoms with van der Waals surface area (Å²) in [7, 11) is 0. The molecule has 3 aromatic rings. The lowest BCUT2D eigenvalue weighted by atomic mass is 10.1. The van der Waals surface area contributed by atoms with E-state index in [2.05, 4.69) is 31.2 Å². The maximum Gasteiger partial charge on any atom is 0.247 e. The van der Waals surface area contributed by atoms with Gasteiger partial charge in [-0.2, -0.15) is 5.26 Å². The molecule has 108 valence electrons. The maximum atomic E-state index is 9.17. The number of hydrogen-bond donors (Lipinski definition) is 2. The molecule has 0 fully saturated rings. The molecule has 7 heteroatoms. The van der Waals surface area contributed by atoms with Gasteiger partial charge in [0.2, 0.25) is 5.95 Å². The first-order valence-corrected chi connectivity index (χ1v) is 7.01. The Morgan fingerprint density at radius 1 is 1.18 bits per heavy atom. The minimum atomic E-state index is 0.416. The van der Waals surface area contributed by atoms with E-state index in [1.54, 1.807) is 0 Å². The summed E-state index contributed by atoms with van der Waals surface area (Å²) < 4.78 is 0.417. The van der Waals surface area contributed by atoms with Crippen LogP contribution in [0.25, 0.3) is 11.0 Å². The third-order valence-electron chi connectivity index (χ3n) is 3.35. The van der Waals surface area contributed by atoms with Crippen LogP contribution >= 0.6 is 12.2 Å². The van der Waals surface area contributed by atoms with E-state index >= 15 is 0 Å². The van der Waals surface area contributed by atoms with E-state index in [0.717, 1.165) is 16.7 Å². The van der Waals surface area contributed by atoms with Crippen LogP contribution in [0.4, 0.5) is 11.6 Å². The van der Waals surface area contributed by atoms with Gasteiger partial charge in [0.1, 0.15) is 16.4 Å². The third kappa shape index (κ3) is 2.40. The number of H-pyrrole nitrogens is 2. The van der Waals surface area contributed by atoms with Gasteiger partial charge >= 0.3 is 0 Å². The molecule has 0 aliphatic rings. The smallest absolute Gasteiger partial charge is 0.247 e. The normalized spacial score (nSPS) is 11.1. The lowest BCUT2D eigenvalue weighted by molar-refractivity contribution is 1.07. The van der Waals surface area contributed by atoms with Gasteiger partial charge in [0.15, 0.2) is 0 Å². The highest BCUT2D eigenvalue weighted by atomic mass is 32.1. The Labute approximate surface area is 131 Å². The number of pyridine rings is 1. The van der Waals surface area contributed by atoms with Crippen molar-refractivity contribution in [1.29, 1.82) is 5.26 Å². The highest BCUT2D eigenvalue weighted by Crippen LogP contribution is 2.27. The SMILES string of the molecule is Cc1[nH]c(=S)c(C#N)c(C)c1N=Nc1nc2ccccc2[nH]1. The molecule has 0 amide bonds. The van der Waals surface area contributed by atoms with Gasteiger partial charge in [0.25, 0.3) is 0 Å². The third-order valence-corrected chi connectivity index (χ3v) is 3.65. The number of imidazole rings is 1. The number of aromatic nitrogens is 3. The summed E-state index contributed by atoms with van der Waals surface area (Å²) in [6.45, 7) is 3.65. The summed E-state index contributed by atoms with van der Waals surface area (Å²) in [6.07, 6.45) is 0. The summed E-state index contributed by atoms with van der Waals surface area (Å²) in [4.78, 5) is 10.4. The minimum Gasteiger partial charge on any atom is -0.347 e. The van der Waals surface area contributed by atoms with E-state index in [-0.39, 0.29) is 0 Å². The molecule has 0 saturated carbocycles. The predicted octanol–water partition coefficient (Wildman–Crippen LogP) is 4.52. The zero-order chi connectivity index (χ0) is 15.7. The molecular weight excluding hydrogens is 296 g/mol. The van der Waals surface area contributed by atoms with E-state index < -0.39 is 0 Å². The second kappa shape index (κ2) is 5.50. The van der Waals surface area contributed by atoms with Crippen molar-refractivity contribution in [1.82, 2.24) is 15.0 Å². The number of nitrogens with one attached hydrogen (secondary N) is 2. The number of hydrogen-bond acceptors (Lipinski definition) is 5. The summed E-state index contributed by atoms with van der Waals surface area (Å²) >= 11 is 5.14. The van der Waals surface area contributed by atoms with Crippen LogP contribution in [-0.4, -0.2) is 15.0 Å². The highest BCUT2D eigenvalue weighted by molar-refractivity contribution is 7.71. The van der Waals surface area contributed by atoms with Crippen molar-refractivity contribution >= 4 is 34.9 Å². The van der Waals surface area contributed by atoms with Crippen molar-refractivity contribution in [2.75, 3.05) is 0 Å². The van der Waals surface area contributed by atoms with Crippen molar-refractivity contribution in [2.45, 2.75) is 13.8 Å². The Bertz CT molecular complexity index is 956. The van der Waals surface area contributed by atoms with Crippen molar-refractivity contribution in [3.8, 4) is 6.07 Å². The molecule has 0 atom stereocenters. The van der Waals surface area contributed by atoms with Gasteiger partial charge in [-0.15, -0.1) is 10.2 Å². The Balaban J connectivity index is 2.06. The van der Waals surface area contributed by atoms with Crippen molar-refractivity contribution in [3.63, 3.8) is 0 Å². The highest BCUT2D eigenvalue weighted by Gasteiger charge is 2.10. The van der Waals surface area contributed by atoms with Gasteiger partial charge in [-0.3, -0.25) is 0 Å². The second-order valence-electron chi connectivity index (χ2n) is 4.82. The number of aryl methyl sites for hydroxylation is 1. The standard InChI is InChI=1S/C15H12N6S/c1-8-10(7-16)14(22)17-9(2)13(8)20-21-15-18-11-5-3-4-6-12(11)19-15/h3-6H,1-2H3,(H,17,22)(H,18,19). The number of azo groups is 1. The Morgan fingerprint density at radius 2 is 1.95 bits per heavy atom. The first-order valence-electron chi connectivity index (χ1n) is 6.60. The van der Waals surface area contributed by atoms with Gasteiger partial charge in [0, 0.05) is 5.69 Å². The second-order valence-corrected chi connectivity index (χ2v) is 5.23. The van der Waals surface area contributed by atoms with E-state index in [4.69, 9.17) is 17.5 Å². The molecule has 6 nitrogen and oxygen atoms in total. The molecule has 2 aromatic heterocycles. The number of rotatable bonds is 2. The van der Waals surface area contributed by atoms with Crippen molar-refractivity contribution in [2.24, 2.45) is 10.2 Å². The molecule has 0 bridgehead atoms. The summed E-state index contributed by atoms with van der Waals surface area (Å²) in [6, 6.07) is 9.74. The first-order chi connectivity index (χ1) is 10.6. The van der Waals surface area contributed by atoms with Gasteiger partial charge in [0.05, 0.1) is 16.6 Å². The molecule has 0 aliphatic carbocycles. The molecule has 2 heterocycles. The van der Waals surface area contributed by atoms with Crippen LogP contribution in [-0.2, 0) is 0 Å². The van der Waals surface area contributed by atoms with Crippen LogP contribution in [0.5, 0.6) is 0 Å². The summed E-state index contributed by atoms with van der Waals surface area (Å²) in [5.74, 6) is 0.418. The lowest BCUT2D eigenvalue weighted by Gasteiger charge is -2.05. The lowest BCUT2D eigenvalue weighted by Crippen LogP contribution is -1.92. The Morgan fingerprint density at radius 3 is 2.68 bits per heavy atom. The fraction of sp³-hybridized carbons (Fsp3) is 0.133. The van der Waals surface area contributed by atoms with Crippen molar-refractivity contribution < 1.29 is 0 Å². The molecule has 1 aromatic carbocycles. The molecule has 0 aliphatic heterocycles. The topological polar surface area (TPSA) is 93.0 Å². The van der Waals surface area contributed by atoms with Crippen LogP contribution in [0, 0.1) is 29.8 Å². The summed E-state index contributed by atoms with van der Waals surface area (Å²) in [5.41, 5.74) is 4.22. The molecule has 3 rings (SSSR count). The molecule has 0 saturated heterocycles. The quantitative estimate of drug-likeness (QED) is 0.538. The van der Waals surface area contributed by atoms with E-state index in [0.29, 0.717) is 27.4 Å². The Hall–Kier alpha value is -2.85. The van der Waals surface area contributed by atoms with Gasteiger partial charge in [-0.25, -0.2) is 4.98 Å². The van der Waals surface area contributed by atoms with Crippen LogP contribution in [0.15, 0.2) is 34.5 Å². The molecule has 0 unspecified atom stereocenters. The maximum absolute atomic E-state index is 9.17. The monoisotopic (exact) mass is 308 g/mol. The number of fused-ring (bicyclic) bond motifs is 1. The molecule has 22 heavy (non-hydrogen) atoms. The molecular formula is C15H12N6S. The fourth-order valence-corrected chi connectivity index (χ4v) is 2.58. The van der Waals surface area contributed by atoms with E-state index in [1.807, 2.05) is 38.1 Å². The largest absolute Gasteiger partial charge is 0.347 e. The average Bonchev–Trinajstić information content (AvgIpc) is 2.89. The van der Waals surface area contributed by atoms with Gasteiger partial charge in [-0.05, 0) is 31.5 Å². The van der Waals surface area contributed by atoms with Crippen LogP contribution < -0.4 is 0 Å².